The van der Waals surface area contributed by atoms with E-state index in [2.05, 4.69) is 39.9 Å². The van der Waals surface area contributed by atoms with Crippen LogP contribution in [0.25, 0.3) is 0 Å². The van der Waals surface area contributed by atoms with Gasteiger partial charge in [-0.25, -0.2) is 4.98 Å². The predicted molar refractivity (Wildman–Crippen MR) is 82.2 cm³/mol. The first-order chi connectivity index (χ1) is 9.08. The standard InChI is InChI=1S/C12H16BrN5S/c1-3-8-10(13)9(18(4-2)16-8)7-17-6-5-15-12(17)11(14)19/h5-6H,3-4,7H2,1-2H3,(H2,14,19). The average Bonchev–Trinajstić information content (AvgIpc) is 2.96. The van der Waals surface area contributed by atoms with Crippen LogP contribution < -0.4 is 5.73 Å². The Morgan fingerprint density at radius 1 is 1.47 bits per heavy atom. The molecule has 19 heavy (non-hydrogen) atoms. The molecule has 2 aromatic heterocycles. The number of rotatable bonds is 5. The molecule has 0 bridgehead atoms. The number of nitrogens with two attached hydrogens (primary N) is 1. The van der Waals surface area contributed by atoms with Crippen LogP contribution in [0.3, 0.4) is 0 Å². The molecule has 0 atom stereocenters. The Morgan fingerprint density at radius 3 is 2.79 bits per heavy atom. The highest BCUT2D eigenvalue weighted by atomic mass is 79.9. The molecule has 0 aliphatic heterocycles. The van der Waals surface area contributed by atoms with Gasteiger partial charge in [0, 0.05) is 18.9 Å². The molecule has 0 unspecified atom stereocenters. The number of aryl methyl sites for hydroxylation is 2. The number of hydrogen-bond acceptors (Lipinski definition) is 3. The molecule has 102 valence electrons. The first-order valence-corrected chi connectivity index (χ1v) is 7.33. The smallest absolute Gasteiger partial charge is 0.167 e. The van der Waals surface area contributed by atoms with Crippen molar-refractivity contribution in [1.82, 2.24) is 19.3 Å². The van der Waals surface area contributed by atoms with Gasteiger partial charge in [0.05, 0.1) is 22.4 Å². The highest BCUT2D eigenvalue weighted by molar-refractivity contribution is 9.10. The Hall–Kier alpha value is -1.21. The van der Waals surface area contributed by atoms with Crippen LogP contribution in [0.5, 0.6) is 0 Å². The van der Waals surface area contributed by atoms with Gasteiger partial charge in [-0.3, -0.25) is 4.68 Å². The zero-order chi connectivity index (χ0) is 14.0. The monoisotopic (exact) mass is 341 g/mol. The fourth-order valence-electron chi connectivity index (χ4n) is 1.99. The Kier molecular flexibility index (Phi) is 4.36. The Labute approximate surface area is 125 Å². The fourth-order valence-corrected chi connectivity index (χ4v) is 2.85. The summed E-state index contributed by atoms with van der Waals surface area (Å²) >= 11 is 8.63. The van der Waals surface area contributed by atoms with Crippen molar-refractivity contribution in [3.63, 3.8) is 0 Å². The molecule has 0 radical (unpaired) electrons. The van der Waals surface area contributed by atoms with Crippen molar-refractivity contribution in [1.29, 1.82) is 0 Å². The third-order valence-electron chi connectivity index (χ3n) is 2.95. The summed E-state index contributed by atoms with van der Waals surface area (Å²) in [6.07, 6.45) is 4.47. The summed E-state index contributed by atoms with van der Waals surface area (Å²) in [6, 6.07) is 0. The van der Waals surface area contributed by atoms with Crippen molar-refractivity contribution < 1.29 is 0 Å². The van der Waals surface area contributed by atoms with Gasteiger partial charge in [0.1, 0.15) is 4.99 Å². The lowest BCUT2D eigenvalue weighted by atomic mass is 10.3. The number of hydrogen-bond donors (Lipinski definition) is 1. The zero-order valence-electron chi connectivity index (χ0n) is 10.9. The van der Waals surface area contributed by atoms with Crippen LogP contribution >= 0.6 is 28.1 Å². The second-order valence-electron chi connectivity index (χ2n) is 4.12. The Bertz CT molecular complexity index is 601. The summed E-state index contributed by atoms with van der Waals surface area (Å²) in [5, 5.41) is 4.57. The Balaban J connectivity index is 2.40. The summed E-state index contributed by atoms with van der Waals surface area (Å²) < 4.78 is 4.99. The molecule has 0 fully saturated rings. The quantitative estimate of drug-likeness (QED) is 0.846. The van der Waals surface area contributed by atoms with Crippen LogP contribution in [-0.2, 0) is 19.5 Å². The molecule has 0 aliphatic carbocycles. The van der Waals surface area contributed by atoms with Crippen molar-refractivity contribution in [2.24, 2.45) is 5.73 Å². The van der Waals surface area contributed by atoms with Crippen molar-refractivity contribution in [2.75, 3.05) is 0 Å². The van der Waals surface area contributed by atoms with Gasteiger partial charge in [-0.15, -0.1) is 0 Å². The minimum Gasteiger partial charge on any atom is -0.387 e. The van der Waals surface area contributed by atoms with Gasteiger partial charge < -0.3 is 10.3 Å². The number of aromatic nitrogens is 4. The summed E-state index contributed by atoms with van der Waals surface area (Å²) in [5.41, 5.74) is 7.84. The molecule has 2 rings (SSSR count). The summed E-state index contributed by atoms with van der Waals surface area (Å²) in [6.45, 7) is 5.64. The van der Waals surface area contributed by atoms with Crippen LogP contribution in [0.2, 0.25) is 0 Å². The topological polar surface area (TPSA) is 61.7 Å². The number of nitrogens with zero attached hydrogens (tertiary/aromatic N) is 4. The van der Waals surface area contributed by atoms with Gasteiger partial charge in [-0.05, 0) is 29.3 Å². The largest absolute Gasteiger partial charge is 0.387 e. The minimum atomic E-state index is 0.305. The SMILES string of the molecule is CCc1nn(CC)c(Cn2ccnc2C(N)=S)c1Br. The molecule has 0 aromatic carbocycles. The first kappa shape index (κ1) is 14.2. The molecule has 5 nitrogen and oxygen atoms in total. The molecule has 0 saturated carbocycles. The second kappa shape index (κ2) is 5.83. The maximum Gasteiger partial charge on any atom is 0.167 e. The molecular weight excluding hydrogens is 326 g/mol. The number of imidazole rings is 1. The molecule has 0 spiro atoms. The molecule has 2 aromatic rings. The first-order valence-electron chi connectivity index (χ1n) is 6.13. The van der Waals surface area contributed by atoms with Crippen LogP contribution in [0.1, 0.15) is 31.1 Å². The van der Waals surface area contributed by atoms with E-state index in [1.807, 2.05) is 15.4 Å². The average molecular weight is 342 g/mol. The summed E-state index contributed by atoms with van der Waals surface area (Å²) in [7, 11) is 0. The molecule has 2 heterocycles. The van der Waals surface area contributed by atoms with Gasteiger partial charge >= 0.3 is 0 Å². The minimum absolute atomic E-state index is 0.305. The van der Waals surface area contributed by atoms with E-state index in [4.69, 9.17) is 18.0 Å². The fraction of sp³-hybridized carbons (Fsp3) is 0.417. The van der Waals surface area contributed by atoms with Crippen LogP contribution in [0, 0.1) is 0 Å². The number of halogens is 1. The summed E-state index contributed by atoms with van der Waals surface area (Å²) in [4.78, 5) is 4.48. The van der Waals surface area contributed by atoms with Gasteiger partial charge in [-0.2, -0.15) is 5.10 Å². The molecule has 0 amide bonds. The van der Waals surface area contributed by atoms with Gasteiger partial charge in [0.15, 0.2) is 5.82 Å². The van der Waals surface area contributed by atoms with Gasteiger partial charge in [0.25, 0.3) is 0 Å². The highest BCUT2D eigenvalue weighted by Gasteiger charge is 2.16. The third-order valence-corrected chi connectivity index (χ3v) is 4.05. The molecule has 0 aliphatic rings. The van der Waals surface area contributed by atoms with Crippen LogP contribution in [0.4, 0.5) is 0 Å². The lowest BCUT2D eigenvalue weighted by molar-refractivity contribution is 0.593. The third kappa shape index (κ3) is 2.71. The Morgan fingerprint density at radius 2 is 2.21 bits per heavy atom. The maximum atomic E-state index is 5.67. The predicted octanol–water partition coefficient (Wildman–Crippen LogP) is 2.11. The van der Waals surface area contributed by atoms with E-state index in [1.54, 1.807) is 6.20 Å². The van der Waals surface area contributed by atoms with E-state index in [9.17, 15) is 0 Å². The lowest BCUT2D eigenvalue weighted by Gasteiger charge is -2.09. The van der Waals surface area contributed by atoms with Crippen molar-refractivity contribution >= 4 is 33.1 Å². The van der Waals surface area contributed by atoms with Crippen LogP contribution in [-0.4, -0.2) is 24.3 Å². The molecular formula is C12H16BrN5S. The van der Waals surface area contributed by atoms with Crippen LogP contribution in [0.15, 0.2) is 16.9 Å². The second-order valence-corrected chi connectivity index (χ2v) is 5.35. The van der Waals surface area contributed by atoms with E-state index in [0.717, 1.165) is 28.8 Å². The molecule has 0 saturated heterocycles. The van der Waals surface area contributed by atoms with Gasteiger partial charge in [-0.1, -0.05) is 19.1 Å². The molecule has 2 N–H and O–H groups in total. The van der Waals surface area contributed by atoms with Crippen molar-refractivity contribution in [3.8, 4) is 0 Å². The van der Waals surface area contributed by atoms with E-state index < -0.39 is 0 Å². The zero-order valence-corrected chi connectivity index (χ0v) is 13.3. The lowest BCUT2D eigenvalue weighted by Crippen LogP contribution is -2.18. The van der Waals surface area contributed by atoms with E-state index in [-0.39, 0.29) is 0 Å². The van der Waals surface area contributed by atoms with Crippen molar-refractivity contribution in [2.45, 2.75) is 33.4 Å². The van der Waals surface area contributed by atoms with E-state index in [1.165, 1.54) is 0 Å². The maximum absolute atomic E-state index is 5.67. The van der Waals surface area contributed by atoms with E-state index >= 15 is 0 Å². The van der Waals surface area contributed by atoms with Gasteiger partial charge in [0.2, 0.25) is 0 Å². The highest BCUT2D eigenvalue weighted by Crippen LogP contribution is 2.23. The molecule has 7 heteroatoms. The summed E-state index contributed by atoms with van der Waals surface area (Å²) in [5.74, 6) is 0.629. The van der Waals surface area contributed by atoms with Crippen molar-refractivity contribution in [3.05, 3.63) is 34.1 Å². The van der Waals surface area contributed by atoms with E-state index in [0.29, 0.717) is 17.4 Å². The number of thiocarbonyl (C=S) groups is 1. The normalized spacial score (nSPS) is 10.9.